The lowest BCUT2D eigenvalue weighted by molar-refractivity contribution is 0.270. The molecule has 142 valence electrons. The maximum absolute atomic E-state index is 4.64. The first-order valence-corrected chi connectivity index (χ1v) is 9.09. The van der Waals surface area contributed by atoms with Crippen molar-refractivity contribution >= 4 is 35.8 Å². The Hall–Kier alpha value is -1.09. The van der Waals surface area contributed by atoms with Crippen LogP contribution in [0, 0.1) is 0 Å². The van der Waals surface area contributed by atoms with Crippen molar-refractivity contribution in [2.45, 2.75) is 40.3 Å². The molecule has 7 heteroatoms. The van der Waals surface area contributed by atoms with Crippen molar-refractivity contribution in [1.82, 2.24) is 20.5 Å². The van der Waals surface area contributed by atoms with Crippen LogP contribution in [-0.2, 0) is 6.54 Å². The molecule has 0 saturated carbocycles. The van der Waals surface area contributed by atoms with E-state index in [0.717, 1.165) is 56.6 Å². The highest BCUT2D eigenvalue weighted by atomic mass is 127. The molecule has 0 radical (unpaired) electrons. The second kappa shape index (κ2) is 11.5. The van der Waals surface area contributed by atoms with Crippen LogP contribution in [0.25, 0.3) is 0 Å². The standard InChI is InChI=1S/C18H32N6.HI/c1-5-19-18(22-15(3)4)21-14-16-7-8-17(20-13-16)24-11-9-23(6-2)10-12-24;/h7-8,13,15H,5-6,9-12,14H2,1-4H3,(H2,19,21,22);1H. The zero-order valence-corrected chi connectivity index (χ0v) is 18.3. The Morgan fingerprint density at radius 2 is 1.92 bits per heavy atom. The third-order valence-corrected chi connectivity index (χ3v) is 4.14. The molecule has 0 unspecified atom stereocenters. The predicted octanol–water partition coefficient (Wildman–Crippen LogP) is 2.31. The number of aliphatic imine (C=N–C) groups is 1. The molecule has 0 amide bonds. The number of guanidine groups is 1. The van der Waals surface area contributed by atoms with Gasteiger partial charge in [-0.2, -0.15) is 0 Å². The number of anilines is 1. The summed E-state index contributed by atoms with van der Waals surface area (Å²) >= 11 is 0. The topological polar surface area (TPSA) is 55.8 Å². The molecular formula is C18H33IN6. The number of aromatic nitrogens is 1. The lowest BCUT2D eigenvalue weighted by Gasteiger charge is -2.34. The van der Waals surface area contributed by atoms with Crippen LogP contribution in [0.15, 0.2) is 23.3 Å². The van der Waals surface area contributed by atoms with Crippen LogP contribution < -0.4 is 15.5 Å². The van der Waals surface area contributed by atoms with Gasteiger partial charge in [-0.15, -0.1) is 24.0 Å². The summed E-state index contributed by atoms with van der Waals surface area (Å²) in [4.78, 5) is 14.1. The monoisotopic (exact) mass is 460 g/mol. The normalized spacial score (nSPS) is 15.9. The van der Waals surface area contributed by atoms with Gasteiger partial charge in [0.1, 0.15) is 5.82 Å². The predicted molar refractivity (Wildman–Crippen MR) is 117 cm³/mol. The van der Waals surface area contributed by atoms with Crippen LogP contribution in [-0.4, -0.2) is 61.2 Å². The first-order chi connectivity index (χ1) is 11.6. The summed E-state index contributed by atoms with van der Waals surface area (Å²) in [6.07, 6.45) is 1.95. The Bertz CT molecular complexity index is 509. The summed E-state index contributed by atoms with van der Waals surface area (Å²) in [5.74, 6) is 1.93. The molecule has 0 aromatic carbocycles. The summed E-state index contributed by atoms with van der Waals surface area (Å²) in [6.45, 7) is 15.5. The van der Waals surface area contributed by atoms with E-state index in [-0.39, 0.29) is 24.0 Å². The average molecular weight is 460 g/mol. The van der Waals surface area contributed by atoms with Gasteiger partial charge in [-0.1, -0.05) is 13.0 Å². The molecule has 1 aliphatic heterocycles. The fraction of sp³-hybridized carbons (Fsp3) is 0.667. The third-order valence-electron chi connectivity index (χ3n) is 4.14. The molecule has 1 aromatic rings. The minimum absolute atomic E-state index is 0. The molecular weight excluding hydrogens is 427 g/mol. The molecule has 2 N–H and O–H groups in total. The van der Waals surface area contributed by atoms with Crippen molar-refractivity contribution in [2.24, 2.45) is 4.99 Å². The van der Waals surface area contributed by atoms with Gasteiger partial charge in [-0.3, -0.25) is 0 Å². The number of pyridine rings is 1. The summed E-state index contributed by atoms with van der Waals surface area (Å²) in [6, 6.07) is 4.62. The smallest absolute Gasteiger partial charge is 0.191 e. The Morgan fingerprint density at radius 1 is 1.20 bits per heavy atom. The Kier molecular flexibility index (Phi) is 10.1. The lowest BCUT2D eigenvalue weighted by atomic mass is 10.2. The van der Waals surface area contributed by atoms with Crippen molar-refractivity contribution in [3.63, 3.8) is 0 Å². The minimum Gasteiger partial charge on any atom is -0.357 e. The van der Waals surface area contributed by atoms with Crippen LogP contribution >= 0.6 is 24.0 Å². The van der Waals surface area contributed by atoms with E-state index in [1.54, 1.807) is 0 Å². The van der Waals surface area contributed by atoms with Crippen LogP contribution in [0.4, 0.5) is 5.82 Å². The van der Waals surface area contributed by atoms with E-state index in [1.165, 1.54) is 0 Å². The summed E-state index contributed by atoms with van der Waals surface area (Å²) < 4.78 is 0. The molecule has 2 rings (SSSR count). The lowest BCUT2D eigenvalue weighted by Crippen LogP contribution is -2.46. The van der Waals surface area contributed by atoms with Crippen molar-refractivity contribution in [3.05, 3.63) is 23.9 Å². The van der Waals surface area contributed by atoms with Gasteiger partial charge in [-0.05, 0) is 38.9 Å². The molecule has 0 atom stereocenters. The van der Waals surface area contributed by atoms with Crippen molar-refractivity contribution in [2.75, 3.05) is 44.2 Å². The van der Waals surface area contributed by atoms with Crippen molar-refractivity contribution < 1.29 is 0 Å². The van der Waals surface area contributed by atoms with E-state index in [0.29, 0.717) is 12.6 Å². The van der Waals surface area contributed by atoms with E-state index in [2.05, 4.69) is 70.2 Å². The summed E-state index contributed by atoms with van der Waals surface area (Å²) in [5, 5.41) is 6.59. The van der Waals surface area contributed by atoms with Gasteiger partial charge >= 0.3 is 0 Å². The highest BCUT2D eigenvalue weighted by molar-refractivity contribution is 14.0. The number of nitrogens with zero attached hydrogens (tertiary/aromatic N) is 4. The van der Waals surface area contributed by atoms with E-state index < -0.39 is 0 Å². The van der Waals surface area contributed by atoms with Gasteiger partial charge in [-0.25, -0.2) is 9.98 Å². The minimum atomic E-state index is 0. The molecule has 1 aliphatic rings. The largest absolute Gasteiger partial charge is 0.357 e. The number of likely N-dealkylation sites (N-methyl/N-ethyl adjacent to an activating group) is 1. The Balaban J connectivity index is 0.00000312. The quantitative estimate of drug-likeness (QED) is 0.388. The Labute approximate surface area is 169 Å². The van der Waals surface area contributed by atoms with E-state index >= 15 is 0 Å². The molecule has 2 heterocycles. The van der Waals surface area contributed by atoms with Crippen molar-refractivity contribution in [1.29, 1.82) is 0 Å². The van der Waals surface area contributed by atoms with Gasteiger partial charge in [0.25, 0.3) is 0 Å². The molecule has 0 aliphatic carbocycles. The fourth-order valence-electron chi connectivity index (χ4n) is 2.75. The SMILES string of the molecule is CCNC(=NCc1ccc(N2CCN(CC)CC2)nc1)NC(C)C.I. The summed E-state index contributed by atoms with van der Waals surface area (Å²) in [7, 11) is 0. The molecule has 1 saturated heterocycles. The first kappa shape index (κ1) is 22.0. The number of nitrogens with one attached hydrogen (secondary N) is 2. The maximum atomic E-state index is 4.64. The van der Waals surface area contributed by atoms with Gasteiger partial charge < -0.3 is 20.4 Å². The zero-order valence-electron chi connectivity index (χ0n) is 16.0. The maximum Gasteiger partial charge on any atom is 0.191 e. The average Bonchev–Trinajstić information content (AvgIpc) is 2.60. The van der Waals surface area contributed by atoms with Gasteiger partial charge in [0.15, 0.2) is 5.96 Å². The molecule has 1 fully saturated rings. The summed E-state index contributed by atoms with van der Waals surface area (Å²) in [5.41, 5.74) is 1.13. The number of rotatable bonds is 6. The highest BCUT2D eigenvalue weighted by Gasteiger charge is 2.16. The van der Waals surface area contributed by atoms with Gasteiger partial charge in [0.2, 0.25) is 0 Å². The van der Waals surface area contributed by atoms with E-state index in [4.69, 9.17) is 0 Å². The molecule has 0 bridgehead atoms. The van der Waals surface area contributed by atoms with Crippen LogP contribution in [0.3, 0.4) is 0 Å². The number of halogens is 1. The Morgan fingerprint density at radius 3 is 2.44 bits per heavy atom. The van der Waals surface area contributed by atoms with Gasteiger partial charge in [0.05, 0.1) is 6.54 Å². The van der Waals surface area contributed by atoms with E-state index in [9.17, 15) is 0 Å². The molecule has 1 aromatic heterocycles. The number of hydrogen-bond donors (Lipinski definition) is 2. The van der Waals surface area contributed by atoms with Crippen LogP contribution in [0.2, 0.25) is 0 Å². The van der Waals surface area contributed by atoms with Crippen LogP contribution in [0.5, 0.6) is 0 Å². The molecule has 6 nitrogen and oxygen atoms in total. The second-order valence-electron chi connectivity index (χ2n) is 6.44. The fourth-order valence-corrected chi connectivity index (χ4v) is 2.75. The first-order valence-electron chi connectivity index (χ1n) is 9.09. The molecule has 0 spiro atoms. The van der Waals surface area contributed by atoms with Crippen molar-refractivity contribution in [3.8, 4) is 0 Å². The third kappa shape index (κ3) is 7.35. The van der Waals surface area contributed by atoms with Gasteiger partial charge in [0, 0.05) is 45.0 Å². The van der Waals surface area contributed by atoms with Crippen LogP contribution in [0.1, 0.15) is 33.3 Å². The zero-order chi connectivity index (χ0) is 17.4. The second-order valence-corrected chi connectivity index (χ2v) is 6.44. The number of hydrogen-bond acceptors (Lipinski definition) is 4. The molecule has 25 heavy (non-hydrogen) atoms. The highest BCUT2D eigenvalue weighted by Crippen LogP contribution is 2.14. The number of piperazine rings is 1. The van der Waals surface area contributed by atoms with E-state index in [1.807, 2.05) is 6.20 Å².